The van der Waals surface area contributed by atoms with Gasteiger partial charge in [0, 0.05) is 6.54 Å². The summed E-state index contributed by atoms with van der Waals surface area (Å²) in [5.74, 6) is 1.70. The molecular formula is C13H16N4O3. The highest BCUT2D eigenvalue weighted by atomic mass is 16.5. The zero-order valence-electron chi connectivity index (χ0n) is 11.3. The number of ether oxygens (including phenoxy) is 1. The number of aromatic nitrogens is 2. The van der Waals surface area contributed by atoms with Gasteiger partial charge in [0.15, 0.2) is 5.82 Å². The van der Waals surface area contributed by atoms with Gasteiger partial charge in [-0.05, 0) is 24.6 Å². The van der Waals surface area contributed by atoms with Crippen LogP contribution in [0.25, 0.3) is 0 Å². The molecule has 20 heavy (non-hydrogen) atoms. The molecule has 1 aromatic heterocycles. The first-order valence-corrected chi connectivity index (χ1v) is 6.11. The van der Waals surface area contributed by atoms with Gasteiger partial charge < -0.3 is 19.9 Å². The molecule has 106 valence electrons. The average molecular weight is 276 g/mol. The van der Waals surface area contributed by atoms with Crippen molar-refractivity contribution in [2.45, 2.75) is 20.0 Å². The number of benzene rings is 1. The number of rotatable bonds is 5. The monoisotopic (exact) mass is 276 g/mol. The standard InChI is InChI=1S/C13H16N4O3/c1-9-16-12(20-17-9)8-15-13(18)14-7-10-3-5-11(19-2)6-4-10/h3-6H,7-8H2,1-2H3,(H2,14,15,18). The molecule has 0 aliphatic carbocycles. The van der Waals surface area contributed by atoms with Crippen molar-refractivity contribution in [1.29, 1.82) is 0 Å². The normalized spacial score (nSPS) is 10.1. The van der Waals surface area contributed by atoms with Crippen molar-refractivity contribution >= 4 is 6.03 Å². The largest absolute Gasteiger partial charge is 0.497 e. The number of nitrogens with zero attached hydrogens (tertiary/aromatic N) is 2. The van der Waals surface area contributed by atoms with Crippen LogP contribution in [0, 0.1) is 6.92 Å². The molecule has 2 amide bonds. The second-order valence-electron chi connectivity index (χ2n) is 4.12. The van der Waals surface area contributed by atoms with Crippen molar-refractivity contribution < 1.29 is 14.1 Å². The molecular weight excluding hydrogens is 260 g/mol. The lowest BCUT2D eigenvalue weighted by Gasteiger charge is -2.06. The smallest absolute Gasteiger partial charge is 0.315 e. The molecule has 0 aliphatic rings. The van der Waals surface area contributed by atoms with E-state index < -0.39 is 0 Å². The minimum absolute atomic E-state index is 0.204. The van der Waals surface area contributed by atoms with Gasteiger partial charge in [0.2, 0.25) is 5.89 Å². The fourth-order valence-electron chi connectivity index (χ4n) is 1.56. The summed E-state index contributed by atoms with van der Waals surface area (Å²) in [5.41, 5.74) is 0.981. The Morgan fingerprint density at radius 3 is 2.55 bits per heavy atom. The number of carbonyl (C=O) groups excluding carboxylic acids is 1. The van der Waals surface area contributed by atoms with E-state index in [1.807, 2.05) is 24.3 Å². The SMILES string of the molecule is COc1ccc(CNC(=O)NCc2nc(C)no2)cc1. The van der Waals surface area contributed by atoms with E-state index in [0.717, 1.165) is 11.3 Å². The van der Waals surface area contributed by atoms with Crippen LogP contribution in [0.4, 0.5) is 4.79 Å². The molecule has 1 heterocycles. The highest BCUT2D eigenvalue weighted by Gasteiger charge is 2.05. The number of hydrogen-bond donors (Lipinski definition) is 2. The van der Waals surface area contributed by atoms with Crippen LogP contribution < -0.4 is 15.4 Å². The third-order valence-corrected chi connectivity index (χ3v) is 2.58. The minimum atomic E-state index is -0.295. The topological polar surface area (TPSA) is 89.3 Å². The summed E-state index contributed by atoms with van der Waals surface area (Å²) in [5, 5.41) is 9.00. The van der Waals surface area contributed by atoms with E-state index in [4.69, 9.17) is 9.26 Å². The van der Waals surface area contributed by atoms with Gasteiger partial charge >= 0.3 is 6.03 Å². The molecule has 7 nitrogen and oxygen atoms in total. The first-order valence-electron chi connectivity index (χ1n) is 6.11. The molecule has 0 saturated carbocycles. The number of nitrogens with one attached hydrogen (secondary N) is 2. The summed E-state index contributed by atoms with van der Waals surface area (Å²) in [4.78, 5) is 15.6. The Bertz CT molecular complexity index is 565. The molecule has 2 aromatic rings. The van der Waals surface area contributed by atoms with Crippen molar-refractivity contribution in [3.05, 3.63) is 41.5 Å². The minimum Gasteiger partial charge on any atom is -0.497 e. The predicted octanol–water partition coefficient (Wildman–Crippen LogP) is 1.39. The molecule has 0 bridgehead atoms. The van der Waals surface area contributed by atoms with Gasteiger partial charge in [-0.2, -0.15) is 4.98 Å². The number of hydrogen-bond acceptors (Lipinski definition) is 5. The van der Waals surface area contributed by atoms with Crippen LogP contribution in [0.3, 0.4) is 0 Å². The first kappa shape index (κ1) is 13.9. The molecule has 0 spiro atoms. The lowest BCUT2D eigenvalue weighted by atomic mass is 10.2. The molecule has 0 radical (unpaired) electrons. The molecule has 0 atom stereocenters. The Morgan fingerprint density at radius 1 is 1.25 bits per heavy atom. The van der Waals surface area contributed by atoms with Crippen molar-refractivity contribution in [3.8, 4) is 5.75 Å². The molecule has 0 unspecified atom stereocenters. The average Bonchev–Trinajstić information content (AvgIpc) is 2.89. The summed E-state index contributed by atoms with van der Waals surface area (Å²) in [6.07, 6.45) is 0. The van der Waals surface area contributed by atoms with Gasteiger partial charge in [0.1, 0.15) is 5.75 Å². The van der Waals surface area contributed by atoms with Crippen molar-refractivity contribution in [2.24, 2.45) is 0 Å². The molecule has 7 heteroatoms. The molecule has 2 rings (SSSR count). The molecule has 2 N–H and O–H groups in total. The van der Waals surface area contributed by atoms with Gasteiger partial charge in [0.25, 0.3) is 0 Å². The number of amides is 2. The highest BCUT2D eigenvalue weighted by molar-refractivity contribution is 5.73. The lowest BCUT2D eigenvalue weighted by Crippen LogP contribution is -2.34. The number of carbonyl (C=O) groups is 1. The lowest BCUT2D eigenvalue weighted by molar-refractivity contribution is 0.238. The van der Waals surface area contributed by atoms with Crippen LogP contribution in [0.5, 0.6) is 5.75 Å². The third kappa shape index (κ3) is 3.98. The second kappa shape index (κ2) is 6.55. The van der Waals surface area contributed by atoms with Crippen molar-refractivity contribution in [2.75, 3.05) is 7.11 Å². The number of aryl methyl sites for hydroxylation is 1. The van der Waals surface area contributed by atoms with E-state index in [0.29, 0.717) is 18.3 Å². The predicted molar refractivity (Wildman–Crippen MR) is 71.1 cm³/mol. The summed E-state index contributed by atoms with van der Waals surface area (Å²) in [6, 6.07) is 7.17. The Morgan fingerprint density at radius 2 is 1.95 bits per heavy atom. The van der Waals surface area contributed by atoms with Gasteiger partial charge in [-0.3, -0.25) is 0 Å². The van der Waals surface area contributed by atoms with E-state index in [2.05, 4.69) is 20.8 Å². The fourth-order valence-corrected chi connectivity index (χ4v) is 1.56. The van der Waals surface area contributed by atoms with E-state index in [1.165, 1.54) is 0 Å². The van der Waals surface area contributed by atoms with Crippen molar-refractivity contribution in [3.63, 3.8) is 0 Å². The zero-order valence-corrected chi connectivity index (χ0v) is 11.3. The second-order valence-corrected chi connectivity index (χ2v) is 4.12. The molecule has 0 aliphatic heterocycles. The summed E-state index contributed by atoms with van der Waals surface area (Å²) in [7, 11) is 1.61. The highest BCUT2D eigenvalue weighted by Crippen LogP contribution is 2.10. The van der Waals surface area contributed by atoms with E-state index in [-0.39, 0.29) is 12.6 Å². The fraction of sp³-hybridized carbons (Fsp3) is 0.308. The maximum atomic E-state index is 11.6. The number of urea groups is 1. The summed E-state index contributed by atoms with van der Waals surface area (Å²) in [6.45, 7) is 2.35. The third-order valence-electron chi connectivity index (χ3n) is 2.58. The van der Waals surface area contributed by atoms with Crippen molar-refractivity contribution in [1.82, 2.24) is 20.8 Å². The van der Waals surface area contributed by atoms with Crippen LogP contribution in [-0.2, 0) is 13.1 Å². The maximum absolute atomic E-state index is 11.6. The number of methoxy groups -OCH3 is 1. The van der Waals surface area contributed by atoms with E-state index >= 15 is 0 Å². The quantitative estimate of drug-likeness (QED) is 0.861. The van der Waals surface area contributed by atoms with Gasteiger partial charge in [-0.25, -0.2) is 4.79 Å². The Balaban J connectivity index is 1.74. The van der Waals surface area contributed by atoms with E-state index in [1.54, 1.807) is 14.0 Å². The van der Waals surface area contributed by atoms with Gasteiger partial charge in [-0.15, -0.1) is 0 Å². The van der Waals surface area contributed by atoms with Crippen LogP contribution in [0.1, 0.15) is 17.3 Å². The maximum Gasteiger partial charge on any atom is 0.315 e. The van der Waals surface area contributed by atoms with Crippen LogP contribution in [0.2, 0.25) is 0 Å². The van der Waals surface area contributed by atoms with Crippen LogP contribution >= 0.6 is 0 Å². The molecule has 0 fully saturated rings. The van der Waals surface area contributed by atoms with Gasteiger partial charge in [0.05, 0.1) is 13.7 Å². The zero-order chi connectivity index (χ0) is 14.4. The Labute approximate surface area is 116 Å². The Kier molecular flexibility index (Phi) is 4.54. The van der Waals surface area contributed by atoms with Gasteiger partial charge in [-0.1, -0.05) is 17.3 Å². The van der Waals surface area contributed by atoms with Crippen LogP contribution in [0.15, 0.2) is 28.8 Å². The van der Waals surface area contributed by atoms with E-state index in [9.17, 15) is 4.79 Å². The Hall–Kier alpha value is -2.57. The molecule has 1 aromatic carbocycles. The molecule has 0 saturated heterocycles. The summed E-state index contributed by atoms with van der Waals surface area (Å²) >= 11 is 0. The first-order chi connectivity index (χ1) is 9.67. The summed E-state index contributed by atoms with van der Waals surface area (Å²) < 4.78 is 9.95. The van der Waals surface area contributed by atoms with Crippen LogP contribution in [-0.4, -0.2) is 23.3 Å².